The fourth-order valence-corrected chi connectivity index (χ4v) is 4.35. The average molecular weight is 424 g/mol. The molecule has 0 saturated carbocycles. The zero-order chi connectivity index (χ0) is 19.3. The SMILES string of the molecule is S=C1N(c2ccc(Cl)cc2)C2c3ccccc3C=CN2N1c1ccc(Cl)cc1. The van der Waals surface area contributed by atoms with Crippen molar-refractivity contribution < 1.29 is 0 Å². The van der Waals surface area contributed by atoms with Crippen LogP contribution in [-0.4, -0.2) is 10.1 Å². The molecule has 2 aliphatic rings. The maximum absolute atomic E-state index is 6.12. The van der Waals surface area contributed by atoms with Gasteiger partial charge in [-0.05, 0) is 72.4 Å². The molecule has 138 valence electrons. The van der Waals surface area contributed by atoms with Crippen molar-refractivity contribution in [2.24, 2.45) is 0 Å². The first kappa shape index (κ1) is 17.6. The fraction of sp³-hybridized carbons (Fsp3) is 0.0455. The minimum Gasteiger partial charge on any atom is -0.290 e. The predicted molar refractivity (Wildman–Crippen MR) is 121 cm³/mol. The Bertz CT molecular complexity index is 1080. The first-order valence-electron chi connectivity index (χ1n) is 8.83. The molecule has 3 aromatic carbocycles. The number of rotatable bonds is 2. The molecule has 2 aliphatic heterocycles. The second kappa shape index (κ2) is 6.82. The number of hydrogen-bond donors (Lipinski definition) is 0. The normalized spacial score (nSPS) is 17.7. The molecule has 6 heteroatoms. The number of nitrogens with zero attached hydrogens (tertiary/aromatic N) is 3. The van der Waals surface area contributed by atoms with E-state index in [-0.39, 0.29) is 6.17 Å². The van der Waals surface area contributed by atoms with Crippen molar-refractivity contribution in [3.05, 3.63) is 100 Å². The summed E-state index contributed by atoms with van der Waals surface area (Å²) in [5.74, 6) is 0. The van der Waals surface area contributed by atoms with Crippen LogP contribution >= 0.6 is 35.4 Å². The quantitative estimate of drug-likeness (QED) is 0.434. The maximum atomic E-state index is 6.12. The van der Waals surface area contributed by atoms with Gasteiger partial charge in [0.15, 0.2) is 6.17 Å². The number of anilines is 2. The van der Waals surface area contributed by atoms with Gasteiger partial charge < -0.3 is 0 Å². The number of benzene rings is 3. The number of halogens is 2. The van der Waals surface area contributed by atoms with Gasteiger partial charge in [-0.2, -0.15) is 0 Å². The number of fused-ring (bicyclic) bond motifs is 3. The van der Waals surface area contributed by atoms with Crippen molar-refractivity contribution in [3.8, 4) is 0 Å². The summed E-state index contributed by atoms with van der Waals surface area (Å²) in [6.07, 6.45) is 4.11. The first-order valence-corrected chi connectivity index (χ1v) is 10.00. The Kier molecular flexibility index (Phi) is 4.27. The van der Waals surface area contributed by atoms with E-state index < -0.39 is 0 Å². The van der Waals surface area contributed by atoms with E-state index in [2.05, 4.69) is 46.5 Å². The Morgan fingerprint density at radius 1 is 0.750 bits per heavy atom. The molecule has 1 unspecified atom stereocenters. The molecule has 1 atom stereocenters. The second-order valence-corrected chi connectivity index (χ2v) is 7.85. The Hall–Kier alpha value is -2.53. The molecule has 0 aromatic heterocycles. The van der Waals surface area contributed by atoms with Crippen molar-refractivity contribution in [2.75, 3.05) is 9.91 Å². The number of hydrogen-bond acceptors (Lipinski definition) is 2. The summed E-state index contributed by atoms with van der Waals surface area (Å²) < 4.78 is 0. The lowest BCUT2D eigenvalue weighted by Gasteiger charge is -2.34. The summed E-state index contributed by atoms with van der Waals surface area (Å²) in [7, 11) is 0. The van der Waals surface area contributed by atoms with Crippen LogP contribution in [0.2, 0.25) is 10.0 Å². The summed E-state index contributed by atoms with van der Waals surface area (Å²) in [5.41, 5.74) is 4.33. The molecular weight excluding hydrogens is 409 g/mol. The molecule has 5 rings (SSSR count). The standard InChI is InChI=1S/C22H15Cl2N3S/c23-16-5-9-18(10-6-16)26-21-20-4-2-1-3-15(20)13-14-25(21)27(22(26)28)19-11-7-17(24)8-12-19/h1-14,21H. The average Bonchev–Trinajstić information content (AvgIpc) is 3.02. The van der Waals surface area contributed by atoms with E-state index in [1.165, 1.54) is 11.1 Å². The highest BCUT2D eigenvalue weighted by atomic mass is 35.5. The molecule has 1 saturated heterocycles. The lowest BCUT2D eigenvalue weighted by atomic mass is 10.0. The van der Waals surface area contributed by atoms with Crippen molar-refractivity contribution >= 4 is 58.0 Å². The van der Waals surface area contributed by atoms with Crippen LogP contribution in [0.1, 0.15) is 17.3 Å². The number of thiocarbonyl (C=S) groups is 1. The predicted octanol–water partition coefficient (Wildman–Crippen LogP) is 6.51. The third-order valence-corrected chi connectivity index (χ3v) is 5.84. The second-order valence-electron chi connectivity index (χ2n) is 6.62. The molecule has 3 nitrogen and oxygen atoms in total. The summed E-state index contributed by atoms with van der Waals surface area (Å²) in [4.78, 5) is 2.16. The Morgan fingerprint density at radius 3 is 2.04 bits per heavy atom. The molecule has 28 heavy (non-hydrogen) atoms. The zero-order valence-corrected chi connectivity index (χ0v) is 17.0. The third-order valence-electron chi connectivity index (χ3n) is 4.97. The summed E-state index contributed by atoms with van der Waals surface area (Å²) >= 11 is 18.2. The van der Waals surface area contributed by atoms with E-state index in [0.29, 0.717) is 15.2 Å². The van der Waals surface area contributed by atoms with Gasteiger partial charge in [-0.3, -0.25) is 9.91 Å². The van der Waals surface area contributed by atoms with Crippen LogP contribution in [0.4, 0.5) is 11.4 Å². The fourth-order valence-electron chi connectivity index (χ4n) is 3.70. The summed E-state index contributed by atoms with van der Waals surface area (Å²) in [6, 6.07) is 23.9. The monoisotopic (exact) mass is 423 g/mol. The molecule has 0 radical (unpaired) electrons. The molecule has 0 bridgehead atoms. The molecule has 0 aliphatic carbocycles. The van der Waals surface area contributed by atoms with Gasteiger partial charge in [-0.25, -0.2) is 5.01 Å². The molecule has 1 fully saturated rings. The Balaban J connectivity index is 1.68. The lowest BCUT2D eigenvalue weighted by molar-refractivity contribution is 0.333. The zero-order valence-electron chi connectivity index (χ0n) is 14.7. The van der Waals surface area contributed by atoms with Gasteiger partial charge in [-0.1, -0.05) is 47.5 Å². The Labute approximate surface area is 179 Å². The minimum atomic E-state index is -0.0782. The van der Waals surface area contributed by atoms with Crippen molar-refractivity contribution in [3.63, 3.8) is 0 Å². The van der Waals surface area contributed by atoms with E-state index >= 15 is 0 Å². The Morgan fingerprint density at radius 2 is 1.36 bits per heavy atom. The molecule has 0 amide bonds. The highest BCUT2D eigenvalue weighted by molar-refractivity contribution is 7.80. The molecular formula is C22H15Cl2N3S. The van der Waals surface area contributed by atoms with Crippen LogP contribution in [-0.2, 0) is 0 Å². The smallest absolute Gasteiger partial charge is 0.202 e. The molecule has 0 spiro atoms. The van der Waals surface area contributed by atoms with E-state index in [9.17, 15) is 0 Å². The van der Waals surface area contributed by atoms with Gasteiger partial charge in [0, 0.05) is 27.5 Å². The minimum absolute atomic E-state index is 0.0782. The van der Waals surface area contributed by atoms with E-state index in [0.717, 1.165) is 11.4 Å². The van der Waals surface area contributed by atoms with Gasteiger partial charge in [0.2, 0.25) is 5.11 Å². The summed E-state index contributed by atoms with van der Waals surface area (Å²) in [6.45, 7) is 0. The van der Waals surface area contributed by atoms with E-state index in [4.69, 9.17) is 35.4 Å². The molecule has 2 heterocycles. The third kappa shape index (κ3) is 2.76. The maximum Gasteiger partial charge on any atom is 0.202 e. The summed E-state index contributed by atoms with van der Waals surface area (Å²) in [5, 5.41) is 6.28. The van der Waals surface area contributed by atoms with Gasteiger partial charge in [0.05, 0.1) is 5.69 Å². The van der Waals surface area contributed by atoms with Crippen molar-refractivity contribution in [2.45, 2.75) is 6.17 Å². The van der Waals surface area contributed by atoms with Crippen molar-refractivity contribution in [1.29, 1.82) is 0 Å². The van der Waals surface area contributed by atoms with Crippen molar-refractivity contribution in [1.82, 2.24) is 5.01 Å². The highest BCUT2D eigenvalue weighted by Gasteiger charge is 2.44. The lowest BCUT2D eigenvalue weighted by Crippen LogP contribution is -2.36. The van der Waals surface area contributed by atoms with Crippen LogP contribution < -0.4 is 9.91 Å². The van der Waals surface area contributed by atoms with Gasteiger partial charge in [-0.15, -0.1) is 0 Å². The number of hydrazine groups is 1. The van der Waals surface area contributed by atoms with Crippen LogP contribution in [0.15, 0.2) is 79.0 Å². The largest absolute Gasteiger partial charge is 0.290 e. The van der Waals surface area contributed by atoms with Gasteiger partial charge in [0.1, 0.15) is 0 Å². The van der Waals surface area contributed by atoms with Crippen LogP contribution in [0.3, 0.4) is 0 Å². The topological polar surface area (TPSA) is 9.72 Å². The molecule has 3 aromatic rings. The highest BCUT2D eigenvalue weighted by Crippen LogP contribution is 2.44. The van der Waals surface area contributed by atoms with E-state index in [1.54, 1.807) is 0 Å². The molecule has 0 N–H and O–H groups in total. The van der Waals surface area contributed by atoms with Gasteiger partial charge >= 0.3 is 0 Å². The van der Waals surface area contributed by atoms with Crippen LogP contribution in [0.25, 0.3) is 6.08 Å². The first-order chi connectivity index (χ1) is 13.6. The van der Waals surface area contributed by atoms with Crippen LogP contribution in [0, 0.1) is 0 Å². The van der Waals surface area contributed by atoms with E-state index in [1.807, 2.05) is 53.5 Å². The van der Waals surface area contributed by atoms with Crippen LogP contribution in [0.5, 0.6) is 0 Å². The van der Waals surface area contributed by atoms with Gasteiger partial charge in [0.25, 0.3) is 0 Å².